The largest absolute Gasteiger partial charge is 0.481 e. The van der Waals surface area contributed by atoms with Gasteiger partial charge in [0.25, 0.3) is 0 Å². The number of fused-ring (bicyclic) bond motifs is 1. The molecule has 1 aromatic heterocycles. The van der Waals surface area contributed by atoms with Crippen LogP contribution < -0.4 is 5.32 Å². The number of nitriles is 1. The molecule has 7 heteroatoms. The predicted octanol–water partition coefficient (Wildman–Crippen LogP) is 1.86. The Balaban J connectivity index is 1.98. The van der Waals surface area contributed by atoms with Crippen molar-refractivity contribution in [2.24, 2.45) is 0 Å². The van der Waals surface area contributed by atoms with E-state index in [9.17, 15) is 9.59 Å². The molecule has 0 saturated heterocycles. The SMILES string of the molecule is N#Cc1c(NC(=O)CSCC(=O)O)sc2c1CCC2. The third kappa shape index (κ3) is 3.28. The van der Waals surface area contributed by atoms with Crippen molar-refractivity contribution in [3.05, 3.63) is 16.0 Å². The van der Waals surface area contributed by atoms with Crippen molar-refractivity contribution in [2.75, 3.05) is 16.8 Å². The molecular weight excluding hydrogens is 284 g/mol. The number of anilines is 1. The molecule has 0 spiro atoms. The van der Waals surface area contributed by atoms with Crippen LogP contribution in [0.3, 0.4) is 0 Å². The third-order valence-electron chi connectivity index (χ3n) is 2.74. The molecule has 0 aromatic carbocycles. The van der Waals surface area contributed by atoms with Gasteiger partial charge in [-0.15, -0.1) is 23.1 Å². The third-order valence-corrected chi connectivity index (χ3v) is 4.87. The molecule has 0 fully saturated rings. The lowest BCUT2D eigenvalue weighted by atomic mass is 10.1. The lowest BCUT2D eigenvalue weighted by molar-refractivity contribution is -0.133. The Morgan fingerprint density at radius 1 is 1.42 bits per heavy atom. The smallest absolute Gasteiger partial charge is 0.313 e. The minimum atomic E-state index is -0.939. The van der Waals surface area contributed by atoms with Crippen LogP contribution in [-0.2, 0) is 22.4 Å². The molecule has 1 heterocycles. The average Bonchev–Trinajstić information content (AvgIpc) is 2.88. The first-order valence-corrected chi connectivity index (χ1v) is 7.73. The van der Waals surface area contributed by atoms with Crippen LogP contribution in [0.1, 0.15) is 22.4 Å². The molecule has 1 aliphatic rings. The lowest BCUT2D eigenvalue weighted by Crippen LogP contribution is -2.15. The molecule has 0 atom stereocenters. The van der Waals surface area contributed by atoms with Gasteiger partial charge in [0, 0.05) is 4.88 Å². The molecule has 1 aromatic rings. The number of thiophene rings is 1. The summed E-state index contributed by atoms with van der Waals surface area (Å²) < 4.78 is 0. The van der Waals surface area contributed by atoms with E-state index in [1.807, 2.05) is 0 Å². The van der Waals surface area contributed by atoms with Gasteiger partial charge < -0.3 is 10.4 Å². The summed E-state index contributed by atoms with van der Waals surface area (Å²) in [6.45, 7) is 0. The minimum Gasteiger partial charge on any atom is -0.481 e. The fourth-order valence-corrected chi connectivity index (χ4v) is 3.79. The van der Waals surface area contributed by atoms with Crippen LogP contribution in [0.2, 0.25) is 0 Å². The van der Waals surface area contributed by atoms with Gasteiger partial charge in [0.1, 0.15) is 11.1 Å². The van der Waals surface area contributed by atoms with E-state index in [1.54, 1.807) is 0 Å². The number of carbonyl (C=O) groups is 2. The zero-order valence-corrected chi connectivity index (χ0v) is 11.7. The zero-order chi connectivity index (χ0) is 13.8. The molecule has 1 aliphatic carbocycles. The molecule has 2 rings (SSSR count). The van der Waals surface area contributed by atoms with Crippen molar-refractivity contribution >= 4 is 40.0 Å². The second kappa shape index (κ2) is 6.08. The van der Waals surface area contributed by atoms with E-state index >= 15 is 0 Å². The molecule has 0 aliphatic heterocycles. The quantitative estimate of drug-likeness (QED) is 0.865. The number of hydrogen-bond donors (Lipinski definition) is 2. The number of aliphatic carboxylic acids is 1. The van der Waals surface area contributed by atoms with Crippen LogP contribution in [-0.4, -0.2) is 28.5 Å². The lowest BCUT2D eigenvalue weighted by Gasteiger charge is -2.03. The Morgan fingerprint density at radius 3 is 2.89 bits per heavy atom. The fraction of sp³-hybridized carbons (Fsp3) is 0.417. The summed E-state index contributed by atoms with van der Waals surface area (Å²) in [5, 5.41) is 21.0. The summed E-state index contributed by atoms with van der Waals surface area (Å²) in [4.78, 5) is 23.2. The topological polar surface area (TPSA) is 90.2 Å². The number of rotatable bonds is 5. The zero-order valence-electron chi connectivity index (χ0n) is 10.1. The summed E-state index contributed by atoms with van der Waals surface area (Å²) in [5.74, 6) is -1.22. The summed E-state index contributed by atoms with van der Waals surface area (Å²) in [7, 11) is 0. The Labute approximate surface area is 118 Å². The number of aryl methyl sites for hydroxylation is 1. The van der Waals surface area contributed by atoms with Crippen molar-refractivity contribution < 1.29 is 14.7 Å². The fourth-order valence-electron chi connectivity index (χ4n) is 2.00. The molecule has 5 nitrogen and oxygen atoms in total. The van der Waals surface area contributed by atoms with E-state index in [0.29, 0.717) is 10.6 Å². The van der Waals surface area contributed by atoms with Gasteiger partial charge in [-0.2, -0.15) is 5.26 Å². The Kier molecular flexibility index (Phi) is 4.45. The molecule has 0 bridgehead atoms. The van der Waals surface area contributed by atoms with E-state index in [4.69, 9.17) is 10.4 Å². The molecule has 0 unspecified atom stereocenters. The summed E-state index contributed by atoms with van der Waals surface area (Å²) in [5.41, 5.74) is 1.65. The van der Waals surface area contributed by atoms with E-state index in [2.05, 4.69) is 11.4 Å². The molecular formula is C12H12N2O3S2. The van der Waals surface area contributed by atoms with E-state index in [0.717, 1.165) is 36.6 Å². The van der Waals surface area contributed by atoms with Crippen LogP contribution in [0, 0.1) is 11.3 Å². The van der Waals surface area contributed by atoms with Gasteiger partial charge in [0.15, 0.2) is 0 Å². The second-order valence-corrected chi connectivity index (χ2v) is 6.20. The minimum absolute atomic E-state index is 0.0831. The molecule has 2 N–H and O–H groups in total. The first-order valence-electron chi connectivity index (χ1n) is 5.76. The van der Waals surface area contributed by atoms with Crippen molar-refractivity contribution in [1.29, 1.82) is 5.26 Å². The summed E-state index contributed by atoms with van der Waals surface area (Å²) in [6.07, 6.45) is 2.94. The van der Waals surface area contributed by atoms with Crippen molar-refractivity contribution in [3.63, 3.8) is 0 Å². The van der Waals surface area contributed by atoms with Crippen molar-refractivity contribution in [2.45, 2.75) is 19.3 Å². The van der Waals surface area contributed by atoms with Crippen LogP contribution in [0.25, 0.3) is 0 Å². The molecule has 1 amide bonds. The molecule has 0 saturated carbocycles. The Bertz CT molecular complexity index is 560. The van der Waals surface area contributed by atoms with E-state index in [-0.39, 0.29) is 17.4 Å². The van der Waals surface area contributed by atoms with Crippen LogP contribution in [0.15, 0.2) is 0 Å². The van der Waals surface area contributed by atoms with Crippen LogP contribution in [0.4, 0.5) is 5.00 Å². The molecule has 19 heavy (non-hydrogen) atoms. The Hall–Kier alpha value is -1.52. The van der Waals surface area contributed by atoms with Gasteiger partial charge in [0.2, 0.25) is 5.91 Å². The van der Waals surface area contributed by atoms with Gasteiger partial charge >= 0.3 is 5.97 Å². The summed E-state index contributed by atoms with van der Waals surface area (Å²) in [6, 6.07) is 2.15. The normalized spacial score (nSPS) is 12.8. The highest BCUT2D eigenvalue weighted by molar-refractivity contribution is 8.00. The number of nitrogens with zero attached hydrogens (tertiary/aromatic N) is 1. The van der Waals surface area contributed by atoms with Gasteiger partial charge in [-0.05, 0) is 24.8 Å². The first-order chi connectivity index (χ1) is 9.11. The Morgan fingerprint density at radius 2 is 2.21 bits per heavy atom. The van der Waals surface area contributed by atoms with Crippen LogP contribution in [0.5, 0.6) is 0 Å². The maximum atomic E-state index is 11.7. The highest BCUT2D eigenvalue weighted by Crippen LogP contribution is 2.38. The van der Waals surface area contributed by atoms with E-state index in [1.165, 1.54) is 16.2 Å². The predicted molar refractivity (Wildman–Crippen MR) is 74.6 cm³/mol. The highest BCUT2D eigenvalue weighted by atomic mass is 32.2. The highest BCUT2D eigenvalue weighted by Gasteiger charge is 2.22. The maximum absolute atomic E-state index is 11.7. The second-order valence-electron chi connectivity index (χ2n) is 4.11. The van der Waals surface area contributed by atoms with Gasteiger partial charge in [-0.1, -0.05) is 0 Å². The van der Waals surface area contributed by atoms with Gasteiger partial charge in [-0.3, -0.25) is 9.59 Å². The van der Waals surface area contributed by atoms with Crippen molar-refractivity contribution in [3.8, 4) is 6.07 Å². The van der Waals surface area contributed by atoms with Crippen molar-refractivity contribution in [1.82, 2.24) is 0 Å². The summed E-state index contributed by atoms with van der Waals surface area (Å²) >= 11 is 2.50. The standard InChI is InChI=1S/C12H12N2O3S2/c13-4-8-7-2-1-3-9(7)19-12(8)14-10(15)5-18-6-11(16)17/h1-3,5-6H2,(H,14,15)(H,16,17). The molecule has 0 radical (unpaired) electrons. The number of carbonyl (C=O) groups excluding carboxylic acids is 1. The monoisotopic (exact) mass is 296 g/mol. The number of thioether (sulfide) groups is 1. The number of nitrogens with one attached hydrogen (secondary N) is 1. The number of amides is 1. The number of carboxylic acid groups (broad SMARTS) is 1. The first kappa shape index (κ1) is 13.9. The van der Waals surface area contributed by atoms with Gasteiger partial charge in [0.05, 0.1) is 17.1 Å². The number of hydrogen-bond acceptors (Lipinski definition) is 5. The average molecular weight is 296 g/mol. The maximum Gasteiger partial charge on any atom is 0.313 e. The van der Waals surface area contributed by atoms with Gasteiger partial charge in [-0.25, -0.2) is 0 Å². The molecule has 100 valence electrons. The van der Waals surface area contributed by atoms with Crippen LogP contribution >= 0.6 is 23.1 Å². The van der Waals surface area contributed by atoms with E-state index < -0.39 is 5.97 Å². The number of carboxylic acids is 1.